The van der Waals surface area contributed by atoms with Gasteiger partial charge in [0, 0.05) is 12.8 Å². The summed E-state index contributed by atoms with van der Waals surface area (Å²) >= 11 is 0. The Morgan fingerprint density at radius 2 is 2.47 bits per heavy atom. The Morgan fingerprint density at radius 1 is 1.53 bits per heavy atom. The largest absolute Gasteiger partial charge is 0.496 e. The molecule has 1 aromatic rings. The minimum absolute atomic E-state index is 0.0950. The highest BCUT2D eigenvalue weighted by Crippen LogP contribution is 2.17. The lowest BCUT2D eigenvalue weighted by molar-refractivity contribution is 0.211. The van der Waals surface area contributed by atoms with E-state index < -0.39 is 0 Å². The van der Waals surface area contributed by atoms with Crippen LogP contribution in [0.5, 0.6) is 0 Å². The fraction of sp³-hybridized carbons (Fsp3) is 0.455. The molecule has 1 aromatic heterocycles. The monoisotopic (exact) mass is 208 g/mol. The van der Waals surface area contributed by atoms with E-state index in [1.54, 1.807) is 6.26 Å². The van der Waals surface area contributed by atoms with Crippen molar-refractivity contribution in [1.82, 2.24) is 5.43 Å². The maximum absolute atomic E-state index is 5.49. The average Bonchev–Trinajstić information content (AvgIpc) is 2.90. The number of ether oxygens (including phenoxy) is 1. The molecule has 0 amide bonds. The molecule has 1 aliphatic heterocycles. The third-order valence-electron chi connectivity index (χ3n) is 2.54. The first kappa shape index (κ1) is 10.3. The number of nitrogens with one attached hydrogen (secondary N) is 1. The number of hydrogen-bond donors (Lipinski definition) is 2. The first-order valence-corrected chi connectivity index (χ1v) is 5.21. The fourth-order valence-corrected chi connectivity index (χ4v) is 1.73. The lowest BCUT2D eigenvalue weighted by Gasteiger charge is -2.16. The van der Waals surface area contributed by atoms with Crippen LogP contribution in [0.15, 0.2) is 34.6 Å². The van der Waals surface area contributed by atoms with Crippen LogP contribution >= 0.6 is 0 Å². The number of rotatable bonds is 5. The quantitative estimate of drug-likeness (QED) is 0.566. The van der Waals surface area contributed by atoms with Crippen LogP contribution in [-0.4, -0.2) is 12.6 Å². The molecular formula is C11H16N2O2. The van der Waals surface area contributed by atoms with Gasteiger partial charge in [-0.05, 0) is 24.6 Å². The number of hydrazine groups is 1. The van der Waals surface area contributed by atoms with Gasteiger partial charge in [-0.25, -0.2) is 5.43 Å². The van der Waals surface area contributed by atoms with Crippen LogP contribution in [0.25, 0.3) is 0 Å². The summed E-state index contributed by atoms with van der Waals surface area (Å²) in [4.78, 5) is 0. The first-order valence-electron chi connectivity index (χ1n) is 5.21. The van der Waals surface area contributed by atoms with Gasteiger partial charge in [0.05, 0.1) is 18.9 Å². The van der Waals surface area contributed by atoms with Crippen molar-refractivity contribution in [3.8, 4) is 0 Å². The summed E-state index contributed by atoms with van der Waals surface area (Å²) in [5.41, 5.74) is 2.77. The van der Waals surface area contributed by atoms with Crippen molar-refractivity contribution < 1.29 is 9.15 Å². The molecule has 15 heavy (non-hydrogen) atoms. The lowest BCUT2D eigenvalue weighted by Crippen LogP contribution is -2.37. The molecule has 1 aliphatic rings. The summed E-state index contributed by atoms with van der Waals surface area (Å²) < 4.78 is 10.7. The van der Waals surface area contributed by atoms with Crippen LogP contribution in [-0.2, 0) is 11.2 Å². The van der Waals surface area contributed by atoms with Crippen molar-refractivity contribution in [2.24, 2.45) is 5.84 Å². The van der Waals surface area contributed by atoms with Crippen LogP contribution < -0.4 is 11.3 Å². The molecule has 0 saturated heterocycles. The van der Waals surface area contributed by atoms with Crippen molar-refractivity contribution in [2.45, 2.75) is 25.3 Å². The fourth-order valence-electron chi connectivity index (χ4n) is 1.73. The summed E-state index contributed by atoms with van der Waals surface area (Å²) in [5, 5.41) is 0. The van der Waals surface area contributed by atoms with Crippen molar-refractivity contribution in [1.29, 1.82) is 0 Å². The summed E-state index contributed by atoms with van der Waals surface area (Å²) in [5.74, 6) is 7.43. The van der Waals surface area contributed by atoms with Crippen molar-refractivity contribution in [3.63, 3.8) is 0 Å². The van der Waals surface area contributed by atoms with Gasteiger partial charge in [0.1, 0.15) is 11.5 Å². The van der Waals surface area contributed by atoms with Gasteiger partial charge in [-0.3, -0.25) is 5.84 Å². The van der Waals surface area contributed by atoms with Gasteiger partial charge >= 0.3 is 0 Å². The van der Waals surface area contributed by atoms with E-state index in [9.17, 15) is 0 Å². The average molecular weight is 208 g/mol. The van der Waals surface area contributed by atoms with Gasteiger partial charge in [-0.15, -0.1) is 0 Å². The SMILES string of the molecule is NNC(CCc1ccco1)C1=CCCO1. The highest BCUT2D eigenvalue weighted by Gasteiger charge is 2.17. The topological polar surface area (TPSA) is 60.4 Å². The van der Waals surface area contributed by atoms with Crippen LogP contribution in [0.4, 0.5) is 0 Å². The Labute approximate surface area is 89.1 Å². The minimum atomic E-state index is 0.0950. The molecular weight excluding hydrogens is 192 g/mol. The molecule has 2 heterocycles. The third-order valence-corrected chi connectivity index (χ3v) is 2.54. The highest BCUT2D eigenvalue weighted by molar-refractivity contribution is 5.08. The van der Waals surface area contributed by atoms with Crippen LogP contribution in [0.1, 0.15) is 18.6 Å². The number of hydrogen-bond acceptors (Lipinski definition) is 4. The van der Waals surface area contributed by atoms with E-state index in [-0.39, 0.29) is 6.04 Å². The first-order chi connectivity index (χ1) is 7.40. The molecule has 1 atom stereocenters. The zero-order chi connectivity index (χ0) is 10.5. The molecule has 82 valence electrons. The lowest BCUT2D eigenvalue weighted by atomic mass is 10.1. The zero-order valence-electron chi connectivity index (χ0n) is 8.61. The van der Waals surface area contributed by atoms with Gasteiger partial charge in [-0.1, -0.05) is 0 Å². The molecule has 0 bridgehead atoms. The van der Waals surface area contributed by atoms with E-state index in [4.69, 9.17) is 15.0 Å². The molecule has 0 aliphatic carbocycles. The molecule has 1 unspecified atom stereocenters. The molecule has 4 nitrogen and oxygen atoms in total. The Kier molecular flexibility index (Phi) is 3.42. The van der Waals surface area contributed by atoms with E-state index in [0.717, 1.165) is 37.4 Å². The Balaban J connectivity index is 1.85. The standard InChI is InChI=1S/C11H16N2O2/c12-13-10(11-4-2-8-15-11)6-5-9-3-1-7-14-9/h1,3-4,7,10,13H,2,5-6,8,12H2. The van der Waals surface area contributed by atoms with Crippen molar-refractivity contribution >= 4 is 0 Å². The van der Waals surface area contributed by atoms with E-state index >= 15 is 0 Å². The minimum Gasteiger partial charge on any atom is -0.496 e. The Morgan fingerprint density at radius 3 is 3.07 bits per heavy atom. The molecule has 4 heteroatoms. The summed E-state index contributed by atoms with van der Waals surface area (Å²) in [7, 11) is 0. The van der Waals surface area contributed by atoms with Gasteiger partial charge in [0.2, 0.25) is 0 Å². The number of nitrogens with two attached hydrogens (primary N) is 1. The predicted octanol–water partition coefficient (Wildman–Crippen LogP) is 1.35. The second-order valence-corrected chi connectivity index (χ2v) is 3.58. The Bertz CT molecular complexity index is 319. The van der Waals surface area contributed by atoms with Crippen LogP contribution in [0.3, 0.4) is 0 Å². The van der Waals surface area contributed by atoms with Crippen LogP contribution in [0.2, 0.25) is 0 Å². The smallest absolute Gasteiger partial charge is 0.110 e. The van der Waals surface area contributed by atoms with E-state index in [1.165, 1.54) is 0 Å². The Hall–Kier alpha value is -1.26. The van der Waals surface area contributed by atoms with E-state index in [1.807, 2.05) is 12.1 Å². The highest BCUT2D eigenvalue weighted by atomic mass is 16.5. The third kappa shape index (κ3) is 2.61. The van der Waals surface area contributed by atoms with Crippen molar-refractivity contribution in [3.05, 3.63) is 36.0 Å². The molecule has 2 rings (SSSR count). The van der Waals surface area contributed by atoms with Gasteiger partial charge in [-0.2, -0.15) is 0 Å². The summed E-state index contributed by atoms with van der Waals surface area (Å²) in [6.45, 7) is 0.772. The summed E-state index contributed by atoms with van der Waals surface area (Å²) in [6, 6.07) is 3.96. The molecule has 0 radical (unpaired) electrons. The van der Waals surface area contributed by atoms with Crippen molar-refractivity contribution in [2.75, 3.05) is 6.61 Å². The van der Waals surface area contributed by atoms with Gasteiger partial charge < -0.3 is 9.15 Å². The molecule has 3 N–H and O–H groups in total. The maximum atomic E-state index is 5.49. The zero-order valence-corrected chi connectivity index (χ0v) is 8.61. The molecule has 0 saturated carbocycles. The van der Waals surface area contributed by atoms with E-state index in [0.29, 0.717) is 0 Å². The van der Waals surface area contributed by atoms with E-state index in [2.05, 4.69) is 11.5 Å². The number of furan rings is 1. The summed E-state index contributed by atoms with van der Waals surface area (Å²) in [6.07, 6.45) is 6.50. The molecule has 0 aromatic carbocycles. The number of aryl methyl sites for hydroxylation is 1. The second kappa shape index (κ2) is 5.00. The van der Waals surface area contributed by atoms with Gasteiger partial charge in [0.15, 0.2) is 0 Å². The molecule has 0 fully saturated rings. The maximum Gasteiger partial charge on any atom is 0.110 e. The molecule has 0 spiro atoms. The van der Waals surface area contributed by atoms with Crippen LogP contribution in [0, 0.1) is 0 Å². The van der Waals surface area contributed by atoms with Gasteiger partial charge in [0.25, 0.3) is 0 Å². The second-order valence-electron chi connectivity index (χ2n) is 3.58. The predicted molar refractivity (Wildman–Crippen MR) is 56.8 cm³/mol. The normalized spacial score (nSPS) is 17.3.